The smallest absolute Gasteiger partial charge is 0.514 e. The maximum Gasteiger partial charge on any atom is 3.00 e. The topological polar surface area (TPSA) is 200 Å². The van der Waals surface area contributed by atoms with Crippen LogP contribution in [0.4, 0.5) is 0 Å². The minimum Gasteiger partial charge on any atom is -0.514 e. The van der Waals surface area contributed by atoms with Crippen LogP contribution in [0.15, 0.2) is 346 Å². The SMILES string of the molecule is CC(=O)C=C(C)O.[Ir+3].[Ir].[c-]1cccc2c1-n1nccc1-c1ccccc1O2.[c-]1cccc2c1-n1nccc1-c1ccccc1O2.[c-]1cccc2c1-n1nccc1-c1ccccc1O2.[c-]1cccc2c1-n1nccc1-c1ccccc1O2.[c-]1cccc2c1-n1nccc1-c1ccccc1O2.c1ccc2c(c1)Oc1ccccc1-n1nccc1-2. The molecule has 22 heteroatoms. The molecule has 571 valence electrons. The molecule has 6 aromatic heterocycles. The van der Waals surface area contributed by atoms with Gasteiger partial charge < -0.3 is 33.5 Å². The number of carbonyl (C=O) groups excluding carboxylic acids is 1. The fraction of sp³-hybridized carbons (Fsp3) is 0.0211. The van der Waals surface area contributed by atoms with Crippen LogP contribution in [0.5, 0.6) is 69.0 Å². The Hall–Kier alpha value is -14.8. The second-order valence-electron chi connectivity index (χ2n) is 26.1. The predicted molar refractivity (Wildman–Crippen MR) is 436 cm³/mol. The minimum atomic E-state index is -0.125. The molecule has 0 spiro atoms. The Morgan fingerprint density at radius 2 is 0.470 bits per heavy atom. The number of hydrogen-bond acceptors (Lipinski definition) is 14. The molecule has 1 N–H and O–H groups in total. The molecule has 24 rings (SSSR count). The molecule has 0 saturated carbocycles. The second kappa shape index (κ2) is 34.3. The van der Waals surface area contributed by atoms with E-state index in [1.807, 2.05) is 325 Å². The normalized spacial score (nSPS) is 11.6. The van der Waals surface area contributed by atoms with Crippen molar-refractivity contribution >= 4 is 5.78 Å². The predicted octanol–water partition coefficient (Wildman–Crippen LogP) is 21.9. The number of allylic oxidation sites excluding steroid dienone is 2. The van der Waals surface area contributed by atoms with Crippen molar-refractivity contribution in [1.82, 2.24) is 58.7 Å². The van der Waals surface area contributed by atoms with Gasteiger partial charge in [-0.2, -0.15) is 122 Å². The van der Waals surface area contributed by atoms with Gasteiger partial charge in [-0.05, 0) is 164 Å². The zero-order valence-corrected chi connectivity index (χ0v) is 67.0. The molecule has 0 bridgehead atoms. The quantitative estimate of drug-likeness (QED) is 0.0924. The van der Waals surface area contributed by atoms with E-state index in [1.165, 1.54) is 19.9 Å². The number of ketones is 1. The van der Waals surface area contributed by atoms with E-state index in [2.05, 4.69) is 67.0 Å². The van der Waals surface area contributed by atoms with Gasteiger partial charge in [0.25, 0.3) is 0 Å². The third-order valence-corrected chi connectivity index (χ3v) is 18.7. The fourth-order valence-corrected chi connectivity index (χ4v) is 13.8. The van der Waals surface area contributed by atoms with Crippen molar-refractivity contribution in [2.45, 2.75) is 13.8 Å². The molecule has 0 atom stereocenters. The Balaban J connectivity index is 0.000000103. The van der Waals surface area contributed by atoms with E-state index < -0.39 is 0 Å². The van der Waals surface area contributed by atoms with Crippen LogP contribution in [-0.4, -0.2) is 69.6 Å². The van der Waals surface area contributed by atoms with Crippen LogP contribution in [0.2, 0.25) is 0 Å². The molecule has 0 amide bonds. The molecule has 0 unspecified atom stereocenters. The van der Waals surface area contributed by atoms with Crippen LogP contribution in [0.3, 0.4) is 0 Å². The maximum atomic E-state index is 10.0. The first-order valence-electron chi connectivity index (χ1n) is 36.6. The standard InChI is InChI=1S/C15H10N2O.5C15H9N2O.C5H8O2.2Ir/c6*1-3-7-14-11(5-1)12-9-10-16-17(12)13-6-2-4-8-15(13)18-14;1-4(6)3-5(2)7;;/h1-10H;5*1-5,7-10H;3,6H,1-2H3;;/q;5*-1;;;+3. The fourth-order valence-electron chi connectivity index (χ4n) is 13.8. The van der Waals surface area contributed by atoms with Crippen LogP contribution in [0, 0.1) is 30.3 Å². The number of benzene rings is 12. The molecule has 20 nitrogen and oxygen atoms in total. The van der Waals surface area contributed by atoms with Crippen LogP contribution < -0.4 is 28.4 Å². The Morgan fingerprint density at radius 3 is 0.701 bits per heavy atom. The summed E-state index contributed by atoms with van der Waals surface area (Å²) in [5.74, 6) is 9.71. The van der Waals surface area contributed by atoms with Crippen LogP contribution in [0.25, 0.3) is 102 Å². The van der Waals surface area contributed by atoms with Crippen molar-refractivity contribution < 1.29 is 78.5 Å². The van der Waals surface area contributed by atoms with Gasteiger partial charge in [-0.3, -0.25) is 28.2 Å². The van der Waals surface area contributed by atoms with Crippen molar-refractivity contribution in [1.29, 1.82) is 0 Å². The van der Waals surface area contributed by atoms with E-state index in [1.54, 1.807) is 31.0 Å². The van der Waals surface area contributed by atoms with E-state index in [-0.39, 0.29) is 51.8 Å². The molecule has 0 fully saturated rings. The number of nitrogens with zero attached hydrogens (tertiary/aromatic N) is 12. The Labute approximate surface area is 699 Å². The van der Waals surface area contributed by atoms with E-state index in [4.69, 9.17) is 33.5 Å². The summed E-state index contributed by atoms with van der Waals surface area (Å²) in [5, 5.41) is 34.6. The molecule has 12 heterocycles. The van der Waals surface area contributed by atoms with E-state index in [9.17, 15) is 4.79 Å². The molecule has 12 aromatic carbocycles. The number of aliphatic hydroxyl groups excluding tert-OH is 1. The van der Waals surface area contributed by atoms with E-state index in [0.717, 1.165) is 171 Å². The maximum absolute atomic E-state index is 10.0. The van der Waals surface area contributed by atoms with Gasteiger partial charge in [-0.1, -0.05) is 84.9 Å². The first-order chi connectivity index (χ1) is 56.7. The van der Waals surface area contributed by atoms with Crippen molar-refractivity contribution in [3.8, 4) is 171 Å². The summed E-state index contributed by atoms with van der Waals surface area (Å²) in [6.45, 7) is 2.85. The Bertz CT molecular complexity index is 5300. The zero-order chi connectivity index (χ0) is 77.6. The molecule has 1 radical (unpaired) electrons. The molecular weight excluding hydrogens is 1820 g/mol. The van der Waals surface area contributed by atoms with Gasteiger partial charge in [-0.25, -0.2) is 4.68 Å². The van der Waals surface area contributed by atoms with Crippen molar-refractivity contribution in [2.24, 2.45) is 0 Å². The number of aliphatic hydroxyl groups is 1. The monoisotopic (exact) mass is 1890 g/mol. The number of fused-ring (bicyclic) bond motifs is 30. The number of ether oxygens (including phenoxy) is 6. The molecule has 117 heavy (non-hydrogen) atoms. The first kappa shape index (κ1) is 76.2. The Morgan fingerprint density at radius 1 is 0.274 bits per heavy atom. The average molecular weight is 1890 g/mol. The number of para-hydroxylation sites is 13. The summed E-state index contributed by atoms with van der Waals surface area (Å²) < 4.78 is 47.0. The summed E-state index contributed by atoms with van der Waals surface area (Å²) in [4.78, 5) is 10.0. The number of carbonyl (C=O) groups is 1. The molecule has 6 aliphatic heterocycles. The number of aromatic nitrogens is 12. The van der Waals surface area contributed by atoms with Crippen molar-refractivity contribution in [3.05, 3.63) is 377 Å². The molecule has 6 aliphatic rings. The van der Waals surface area contributed by atoms with Gasteiger partial charge in [-0.15, -0.1) is 30.3 Å². The summed E-state index contributed by atoms with van der Waals surface area (Å²) in [5.41, 5.74) is 17.6. The first-order valence-corrected chi connectivity index (χ1v) is 36.6. The molecular formula is C95H63Ir2N12O8-2. The average Bonchev–Trinajstić information content (AvgIpc) is 1.67. The number of hydrogen-bond donors (Lipinski definition) is 1. The zero-order valence-electron chi connectivity index (χ0n) is 62.2. The van der Waals surface area contributed by atoms with Gasteiger partial charge in [0.15, 0.2) is 11.5 Å². The third kappa shape index (κ3) is 15.5. The second-order valence-corrected chi connectivity index (χ2v) is 26.1. The van der Waals surface area contributed by atoms with E-state index in [0.29, 0.717) is 0 Å². The number of rotatable bonds is 1. The van der Waals surface area contributed by atoms with Crippen LogP contribution in [-0.2, 0) is 45.0 Å². The van der Waals surface area contributed by atoms with Gasteiger partial charge in [0.2, 0.25) is 0 Å². The van der Waals surface area contributed by atoms with E-state index >= 15 is 0 Å². The third-order valence-electron chi connectivity index (χ3n) is 18.7. The summed E-state index contributed by atoms with van der Waals surface area (Å²) >= 11 is 0. The van der Waals surface area contributed by atoms with Gasteiger partial charge in [0, 0.05) is 119 Å². The largest absolute Gasteiger partial charge is 3.00 e. The minimum absolute atomic E-state index is 0. The summed E-state index contributed by atoms with van der Waals surface area (Å²) in [6, 6.07) is 112. The van der Waals surface area contributed by atoms with Crippen molar-refractivity contribution in [2.75, 3.05) is 0 Å². The van der Waals surface area contributed by atoms with Gasteiger partial charge in [0.1, 0.15) is 40.2 Å². The summed E-state index contributed by atoms with van der Waals surface area (Å²) in [7, 11) is 0. The van der Waals surface area contributed by atoms with Gasteiger partial charge >= 0.3 is 20.1 Å². The Kier molecular flexibility index (Phi) is 22.3. The molecule has 0 saturated heterocycles. The van der Waals surface area contributed by atoms with Crippen molar-refractivity contribution in [3.63, 3.8) is 0 Å². The van der Waals surface area contributed by atoms with Crippen LogP contribution >= 0.6 is 0 Å². The van der Waals surface area contributed by atoms with Crippen LogP contribution in [0.1, 0.15) is 13.8 Å². The molecule has 18 aromatic rings. The molecule has 0 aliphatic carbocycles. The van der Waals surface area contributed by atoms with Gasteiger partial charge in [0.05, 0.1) is 46.1 Å². The summed E-state index contributed by atoms with van der Waals surface area (Å²) in [6.07, 6.45) is 11.9.